The molecule has 1 aromatic rings. The molecule has 8 nitrogen and oxygen atoms in total. The van der Waals surface area contributed by atoms with Crippen LogP contribution in [-0.4, -0.2) is 61.0 Å². The summed E-state index contributed by atoms with van der Waals surface area (Å²) in [6.07, 6.45) is 1.32. The van der Waals surface area contributed by atoms with Gasteiger partial charge >= 0.3 is 12.1 Å². The molecule has 1 aromatic carbocycles. The first-order valence-electron chi connectivity index (χ1n) is 9.42. The van der Waals surface area contributed by atoms with Crippen LogP contribution in [0, 0.1) is 5.92 Å². The Bertz CT molecular complexity index is 650. The largest absolute Gasteiger partial charge is 0.341 e. The molecule has 5 amide bonds. The van der Waals surface area contributed by atoms with Crippen LogP contribution in [0.4, 0.5) is 21.0 Å². The van der Waals surface area contributed by atoms with Crippen LogP contribution in [0.25, 0.3) is 0 Å². The molecular formula is C19H29N5O3. The van der Waals surface area contributed by atoms with Gasteiger partial charge in [-0.25, -0.2) is 9.59 Å². The molecular weight excluding hydrogens is 346 g/mol. The van der Waals surface area contributed by atoms with E-state index in [9.17, 15) is 14.4 Å². The van der Waals surface area contributed by atoms with Crippen molar-refractivity contribution in [2.45, 2.75) is 26.7 Å². The fraction of sp³-hybridized carbons (Fsp3) is 0.526. The Morgan fingerprint density at radius 2 is 1.52 bits per heavy atom. The Labute approximate surface area is 160 Å². The van der Waals surface area contributed by atoms with Gasteiger partial charge in [0.25, 0.3) is 0 Å². The first kappa shape index (κ1) is 20.5. The van der Waals surface area contributed by atoms with Crippen LogP contribution in [0.3, 0.4) is 0 Å². The van der Waals surface area contributed by atoms with E-state index in [1.165, 1.54) is 0 Å². The summed E-state index contributed by atoms with van der Waals surface area (Å²) in [4.78, 5) is 39.8. The highest BCUT2D eigenvalue weighted by molar-refractivity contribution is 5.93. The molecule has 1 aliphatic rings. The minimum atomic E-state index is -0.294. The third-order valence-corrected chi connectivity index (χ3v) is 4.81. The number of rotatable bonds is 5. The van der Waals surface area contributed by atoms with Crippen LogP contribution in [0.5, 0.6) is 0 Å². The zero-order valence-electron chi connectivity index (χ0n) is 16.2. The maximum Gasteiger partial charge on any atom is 0.319 e. The molecule has 0 radical (unpaired) electrons. The van der Waals surface area contributed by atoms with E-state index in [-0.39, 0.29) is 23.9 Å². The Morgan fingerprint density at radius 3 is 2.00 bits per heavy atom. The van der Waals surface area contributed by atoms with E-state index >= 15 is 0 Å². The quantitative estimate of drug-likeness (QED) is 0.738. The average molecular weight is 375 g/mol. The molecule has 2 rings (SSSR count). The number of likely N-dealkylation sites (tertiary alicyclic amines) is 1. The van der Waals surface area contributed by atoms with Crippen molar-refractivity contribution in [3.8, 4) is 0 Å². The number of amides is 5. The molecule has 1 saturated heterocycles. The summed E-state index contributed by atoms with van der Waals surface area (Å²) in [6, 6.07) is 6.73. The van der Waals surface area contributed by atoms with Gasteiger partial charge in [0.1, 0.15) is 0 Å². The Kier molecular flexibility index (Phi) is 7.45. The van der Waals surface area contributed by atoms with Crippen LogP contribution in [0.15, 0.2) is 24.3 Å². The van der Waals surface area contributed by atoms with Crippen molar-refractivity contribution in [2.75, 3.05) is 43.9 Å². The number of carbonyl (C=O) groups excluding carboxylic acids is 3. The molecule has 0 aliphatic carbocycles. The van der Waals surface area contributed by atoms with Gasteiger partial charge in [-0.15, -0.1) is 0 Å². The lowest BCUT2D eigenvalue weighted by Crippen LogP contribution is -2.47. The van der Waals surface area contributed by atoms with Crippen molar-refractivity contribution >= 4 is 29.3 Å². The zero-order valence-corrected chi connectivity index (χ0v) is 16.2. The van der Waals surface area contributed by atoms with Crippen molar-refractivity contribution in [1.82, 2.24) is 15.1 Å². The molecule has 0 aromatic heterocycles. The number of piperidine rings is 1. The van der Waals surface area contributed by atoms with Crippen molar-refractivity contribution in [3.63, 3.8) is 0 Å². The summed E-state index contributed by atoms with van der Waals surface area (Å²) in [5, 5.41) is 8.06. The fourth-order valence-electron chi connectivity index (χ4n) is 3.10. The van der Waals surface area contributed by atoms with Crippen molar-refractivity contribution < 1.29 is 14.4 Å². The molecule has 148 valence electrons. The lowest BCUT2D eigenvalue weighted by atomic mass is 9.96. The second-order valence-corrected chi connectivity index (χ2v) is 6.49. The van der Waals surface area contributed by atoms with Crippen LogP contribution in [-0.2, 0) is 4.79 Å². The zero-order chi connectivity index (χ0) is 19.8. The third kappa shape index (κ3) is 5.60. The lowest BCUT2D eigenvalue weighted by Gasteiger charge is -2.34. The van der Waals surface area contributed by atoms with Crippen LogP contribution < -0.4 is 16.0 Å². The minimum absolute atomic E-state index is 0.0306. The Balaban J connectivity index is 1.84. The third-order valence-electron chi connectivity index (χ3n) is 4.81. The van der Waals surface area contributed by atoms with Crippen LogP contribution in [0.2, 0.25) is 0 Å². The highest BCUT2D eigenvalue weighted by atomic mass is 16.2. The van der Waals surface area contributed by atoms with Gasteiger partial charge in [0.15, 0.2) is 0 Å². The summed E-state index contributed by atoms with van der Waals surface area (Å²) < 4.78 is 0. The summed E-state index contributed by atoms with van der Waals surface area (Å²) in [6.45, 7) is 6.53. The number of nitrogens with one attached hydrogen (secondary N) is 3. The standard InChI is InChI=1S/C19H29N5O3/c1-4-23(5-2)19(27)24-12-10-14(11-13-24)17(25)21-15-6-8-16(9-7-15)22-18(26)20-3/h6-9,14H,4-5,10-13H2,1-3H3,(H,21,25)(H2,20,22,26). The predicted molar refractivity (Wildman–Crippen MR) is 106 cm³/mol. The number of hydrogen-bond acceptors (Lipinski definition) is 3. The van der Waals surface area contributed by atoms with E-state index in [4.69, 9.17) is 0 Å². The number of benzene rings is 1. The topological polar surface area (TPSA) is 93.8 Å². The van der Waals surface area contributed by atoms with Gasteiger partial charge in [-0.1, -0.05) is 0 Å². The van der Waals surface area contributed by atoms with Gasteiger partial charge in [-0.2, -0.15) is 0 Å². The minimum Gasteiger partial charge on any atom is -0.341 e. The molecule has 1 aliphatic heterocycles. The van der Waals surface area contributed by atoms with Crippen LogP contribution in [0.1, 0.15) is 26.7 Å². The highest BCUT2D eigenvalue weighted by Gasteiger charge is 2.28. The molecule has 8 heteroatoms. The van der Waals surface area contributed by atoms with Gasteiger partial charge in [-0.05, 0) is 51.0 Å². The van der Waals surface area contributed by atoms with E-state index in [1.807, 2.05) is 18.7 Å². The SMILES string of the molecule is CCN(CC)C(=O)N1CCC(C(=O)Nc2ccc(NC(=O)NC)cc2)CC1. The van der Waals surface area contributed by atoms with Crippen molar-refractivity contribution in [3.05, 3.63) is 24.3 Å². The molecule has 0 atom stereocenters. The molecule has 1 fully saturated rings. The van der Waals surface area contributed by atoms with Crippen LogP contribution >= 0.6 is 0 Å². The second kappa shape index (κ2) is 9.80. The number of hydrogen-bond donors (Lipinski definition) is 3. The molecule has 0 spiro atoms. The monoisotopic (exact) mass is 375 g/mol. The molecule has 0 unspecified atom stereocenters. The molecule has 3 N–H and O–H groups in total. The summed E-state index contributed by atoms with van der Waals surface area (Å²) in [5.41, 5.74) is 1.33. The summed E-state index contributed by atoms with van der Waals surface area (Å²) in [5.74, 6) is -0.133. The summed E-state index contributed by atoms with van der Waals surface area (Å²) in [7, 11) is 1.55. The van der Waals surface area contributed by atoms with Crippen molar-refractivity contribution in [1.29, 1.82) is 0 Å². The van der Waals surface area contributed by atoms with Gasteiger partial charge < -0.3 is 25.8 Å². The maximum absolute atomic E-state index is 12.5. The second-order valence-electron chi connectivity index (χ2n) is 6.49. The fourth-order valence-corrected chi connectivity index (χ4v) is 3.10. The lowest BCUT2D eigenvalue weighted by molar-refractivity contribution is -0.121. The van der Waals surface area contributed by atoms with Gasteiger partial charge in [0.2, 0.25) is 5.91 Å². The average Bonchev–Trinajstić information content (AvgIpc) is 2.70. The summed E-state index contributed by atoms with van der Waals surface area (Å²) >= 11 is 0. The molecule has 27 heavy (non-hydrogen) atoms. The van der Waals surface area contributed by atoms with Crippen molar-refractivity contribution in [2.24, 2.45) is 5.92 Å². The molecule has 0 bridgehead atoms. The Morgan fingerprint density at radius 1 is 1.00 bits per heavy atom. The van der Waals surface area contributed by atoms with Gasteiger partial charge in [0.05, 0.1) is 0 Å². The molecule has 1 heterocycles. The van der Waals surface area contributed by atoms with E-state index in [0.717, 1.165) is 0 Å². The first-order chi connectivity index (χ1) is 13.0. The molecule has 0 saturated carbocycles. The normalized spacial score (nSPS) is 14.4. The van der Waals surface area contributed by atoms with E-state index in [1.54, 1.807) is 36.2 Å². The smallest absolute Gasteiger partial charge is 0.319 e. The van der Waals surface area contributed by atoms with Gasteiger partial charge in [0, 0.05) is 50.5 Å². The van der Waals surface area contributed by atoms with E-state index in [0.29, 0.717) is 50.4 Å². The van der Waals surface area contributed by atoms with E-state index < -0.39 is 0 Å². The van der Waals surface area contributed by atoms with E-state index in [2.05, 4.69) is 16.0 Å². The number of carbonyl (C=O) groups is 3. The number of nitrogens with zero attached hydrogens (tertiary/aromatic N) is 2. The Hall–Kier alpha value is -2.77. The highest BCUT2D eigenvalue weighted by Crippen LogP contribution is 2.21. The maximum atomic E-state index is 12.5. The number of anilines is 2. The van der Waals surface area contributed by atoms with Gasteiger partial charge in [-0.3, -0.25) is 4.79 Å². The number of urea groups is 2. The first-order valence-corrected chi connectivity index (χ1v) is 9.42. The predicted octanol–water partition coefficient (Wildman–Crippen LogP) is 2.55.